The first-order valence-corrected chi connectivity index (χ1v) is 8.38. The summed E-state index contributed by atoms with van der Waals surface area (Å²) in [5, 5.41) is 5.80. The molecule has 2 N–H and O–H groups in total. The summed E-state index contributed by atoms with van der Waals surface area (Å²) < 4.78 is 26.7. The SMILES string of the molecule is CN1C(=O)C(=O)N(CC(=O)NC2CNCCC2c2ccc(F)c(F)c2)C1=O.Cl. The summed E-state index contributed by atoms with van der Waals surface area (Å²) in [5.74, 6) is -4.86. The van der Waals surface area contributed by atoms with E-state index < -0.39 is 48.0 Å². The van der Waals surface area contributed by atoms with E-state index in [4.69, 9.17) is 0 Å². The summed E-state index contributed by atoms with van der Waals surface area (Å²) in [6.07, 6.45) is 0.582. The summed E-state index contributed by atoms with van der Waals surface area (Å²) >= 11 is 0. The van der Waals surface area contributed by atoms with Gasteiger partial charge in [0.15, 0.2) is 11.6 Å². The van der Waals surface area contributed by atoms with Gasteiger partial charge >= 0.3 is 17.8 Å². The fourth-order valence-electron chi connectivity index (χ4n) is 3.30. The Labute approximate surface area is 165 Å². The number of piperidine rings is 1. The van der Waals surface area contributed by atoms with Crippen LogP contribution in [0.15, 0.2) is 18.2 Å². The molecule has 11 heteroatoms. The van der Waals surface area contributed by atoms with Gasteiger partial charge in [0.05, 0.1) is 0 Å². The van der Waals surface area contributed by atoms with Crippen LogP contribution in [0.4, 0.5) is 13.6 Å². The number of hydrogen-bond acceptors (Lipinski definition) is 5. The van der Waals surface area contributed by atoms with Gasteiger partial charge < -0.3 is 10.6 Å². The molecule has 1 aromatic carbocycles. The maximum Gasteiger partial charge on any atom is 0.334 e. The molecule has 0 aliphatic carbocycles. The first-order valence-electron chi connectivity index (χ1n) is 8.38. The van der Waals surface area contributed by atoms with Crippen LogP contribution >= 0.6 is 12.4 Å². The molecule has 0 spiro atoms. The number of halogens is 3. The van der Waals surface area contributed by atoms with Crippen molar-refractivity contribution >= 4 is 36.2 Å². The molecule has 152 valence electrons. The molecule has 0 saturated carbocycles. The minimum Gasteiger partial charge on any atom is -0.350 e. The lowest BCUT2D eigenvalue weighted by molar-refractivity contribution is -0.143. The van der Waals surface area contributed by atoms with Crippen molar-refractivity contribution in [1.82, 2.24) is 20.4 Å². The number of carbonyl (C=O) groups is 4. The summed E-state index contributed by atoms with van der Waals surface area (Å²) in [6.45, 7) is 0.434. The minimum absolute atomic E-state index is 0. The van der Waals surface area contributed by atoms with Crippen molar-refractivity contribution in [3.8, 4) is 0 Å². The molecule has 0 aromatic heterocycles. The molecule has 8 nitrogen and oxygen atoms in total. The largest absolute Gasteiger partial charge is 0.350 e. The lowest BCUT2D eigenvalue weighted by Crippen LogP contribution is -2.52. The molecule has 0 bridgehead atoms. The van der Waals surface area contributed by atoms with Gasteiger partial charge in [-0.1, -0.05) is 6.07 Å². The molecule has 3 rings (SSSR count). The van der Waals surface area contributed by atoms with Gasteiger partial charge in [0.1, 0.15) is 6.54 Å². The average molecular weight is 417 g/mol. The second kappa shape index (κ2) is 8.61. The average Bonchev–Trinajstić information content (AvgIpc) is 2.82. The van der Waals surface area contributed by atoms with Gasteiger partial charge in [-0.3, -0.25) is 19.3 Å². The molecule has 2 saturated heterocycles. The van der Waals surface area contributed by atoms with Crippen molar-refractivity contribution in [3.63, 3.8) is 0 Å². The van der Waals surface area contributed by atoms with E-state index in [1.807, 2.05) is 0 Å². The standard InChI is InChI=1S/C17H18F2N4O4.ClH/c1-22-15(25)16(26)23(17(22)27)8-14(24)21-13-7-20-5-4-10(13)9-2-3-11(18)12(19)6-9;/h2-3,6,10,13,20H,4-5,7-8H2,1H3,(H,21,24);1H. The zero-order chi connectivity index (χ0) is 19.7. The highest BCUT2D eigenvalue weighted by Gasteiger charge is 2.43. The molecular formula is C17H19ClF2N4O4. The van der Waals surface area contributed by atoms with E-state index in [0.29, 0.717) is 34.9 Å². The molecule has 2 fully saturated rings. The van der Waals surface area contributed by atoms with Crippen molar-refractivity contribution in [3.05, 3.63) is 35.4 Å². The van der Waals surface area contributed by atoms with Crippen LogP contribution < -0.4 is 10.6 Å². The van der Waals surface area contributed by atoms with E-state index in [-0.39, 0.29) is 18.3 Å². The van der Waals surface area contributed by atoms with Crippen LogP contribution in [0.25, 0.3) is 0 Å². The van der Waals surface area contributed by atoms with Gasteiger partial charge in [0, 0.05) is 25.6 Å². The molecule has 2 heterocycles. The summed E-state index contributed by atoms with van der Waals surface area (Å²) in [5.41, 5.74) is 0.545. The third-order valence-electron chi connectivity index (χ3n) is 4.75. The van der Waals surface area contributed by atoms with Crippen molar-refractivity contribution in [1.29, 1.82) is 0 Å². The van der Waals surface area contributed by atoms with Gasteiger partial charge in [-0.15, -0.1) is 12.4 Å². The Morgan fingerprint density at radius 1 is 1.21 bits per heavy atom. The minimum atomic E-state index is -1.06. The Balaban J connectivity index is 0.00000280. The highest BCUT2D eigenvalue weighted by molar-refractivity contribution is 6.44. The van der Waals surface area contributed by atoms with Crippen molar-refractivity contribution in [2.24, 2.45) is 0 Å². The maximum absolute atomic E-state index is 13.6. The third kappa shape index (κ3) is 4.12. The molecule has 1 aromatic rings. The topological polar surface area (TPSA) is 98.8 Å². The number of nitrogens with one attached hydrogen (secondary N) is 2. The molecule has 2 atom stereocenters. The van der Waals surface area contributed by atoms with E-state index in [9.17, 15) is 28.0 Å². The van der Waals surface area contributed by atoms with Crippen LogP contribution in [-0.2, 0) is 14.4 Å². The van der Waals surface area contributed by atoms with Gasteiger partial charge in [-0.2, -0.15) is 0 Å². The van der Waals surface area contributed by atoms with Crippen molar-refractivity contribution < 1.29 is 28.0 Å². The maximum atomic E-state index is 13.6. The molecule has 2 unspecified atom stereocenters. The number of likely N-dealkylation sites (N-methyl/N-ethyl adjacent to an activating group) is 1. The number of rotatable bonds is 4. The Morgan fingerprint density at radius 2 is 1.93 bits per heavy atom. The molecular weight excluding hydrogens is 398 g/mol. The highest BCUT2D eigenvalue weighted by Crippen LogP contribution is 2.27. The zero-order valence-electron chi connectivity index (χ0n) is 14.9. The second-order valence-electron chi connectivity index (χ2n) is 6.48. The van der Waals surface area contributed by atoms with E-state index in [1.165, 1.54) is 6.07 Å². The third-order valence-corrected chi connectivity index (χ3v) is 4.75. The monoisotopic (exact) mass is 416 g/mol. The lowest BCUT2D eigenvalue weighted by Gasteiger charge is -2.33. The predicted octanol–water partition coefficient (Wildman–Crippen LogP) is 0.369. The fourth-order valence-corrected chi connectivity index (χ4v) is 3.30. The molecule has 5 amide bonds. The van der Waals surface area contributed by atoms with E-state index in [1.54, 1.807) is 0 Å². The highest BCUT2D eigenvalue weighted by atomic mass is 35.5. The van der Waals surface area contributed by atoms with Crippen LogP contribution in [0, 0.1) is 11.6 Å². The van der Waals surface area contributed by atoms with Crippen LogP contribution in [0.1, 0.15) is 17.9 Å². The number of carbonyl (C=O) groups excluding carboxylic acids is 4. The Kier molecular flexibility index (Phi) is 6.68. The Hall–Kier alpha value is -2.59. The number of imide groups is 2. The summed E-state index contributed by atoms with van der Waals surface area (Å²) in [6, 6.07) is 2.30. The Morgan fingerprint density at radius 3 is 2.54 bits per heavy atom. The number of nitrogens with zero attached hydrogens (tertiary/aromatic N) is 2. The van der Waals surface area contributed by atoms with Gasteiger partial charge in [0.2, 0.25) is 5.91 Å². The van der Waals surface area contributed by atoms with Crippen LogP contribution in [0.2, 0.25) is 0 Å². The predicted molar refractivity (Wildman–Crippen MR) is 95.6 cm³/mol. The number of benzene rings is 1. The van der Waals surface area contributed by atoms with Crippen LogP contribution in [-0.4, -0.2) is 66.3 Å². The van der Waals surface area contributed by atoms with Gasteiger partial charge in [-0.05, 0) is 30.7 Å². The normalized spacial score (nSPS) is 22.3. The number of urea groups is 1. The molecule has 0 radical (unpaired) electrons. The quantitative estimate of drug-likeness (QED) is 0.546. The van der Waals surface area contributed by atoms with Crippen LogP contribution in [0.3, 0.4) is 0 Å². The molecule has 2 aliphatic heterocycles. The van der Waals surface area contributed by atoms with Gasteiger partial charge in [-0.25, -0.2) is 18.5 Å². The second-order valence-corrected chi connectivity index (χ2v) is 6.48. The first-order chi connectivity index (χ1) is 12.8. The van der Waals surface area contributed by atoms with E-state index >= 15 is 0 Å². The van der Waals surface area contributed by atoms with E-state index in [0.717, 1.165) is 19.2 Å². The molecule has 28 heavy (non-hydrogen) atoms. The fraction of sp³-hybridized carbons (Fsp3) is 0.412. The van der Waals surface area contributed by atoms with Crippen LogP contribution in [0.5, 0.6) is 0 Å². The van der Waals surface area contributed by atoms with Crippen molar-refractivity contribution in [2.45, 2.75) is 18.4 Å². The summed E-state index contributed by atoms with van der Waals surface area (Å²) in [4.78, 5) is 48.6. The smallest absolute Gasteiger partial charge is 0.334 e. The zero-order valence-corrected chi connectivity index (χ0v) is 15.7. The number of hydrogen-bond donors (Lipinski definition) is 2. The number of amides is 5. The molecule has 2 aliphatic rings. The summed E-state index contributed by atoms with van der Waals surface area (Å²) in [7, 11) is 1.16. The van der Waals surface area contributed by atoms with E-state index in [2.05, 4.69) is 10.6 Å². The Bertz CT molecular complexity index is 822. The first kappa shape index (κ1) is 21.7. The van der Waals surface area contributed by atoms with Gasteiger partial charge in [0.25, 0.3) is 0 Å². The van der Waals surface area contributed by atoms with Crippen molar-refractivity contribution in [2.75, 3.05) is 26.7 Å². The lowest BCUT2D eigenvalue weighted by atomic mass is 9.86.